The van der Waals surface area contributed by atoms with E-state index < -0.39 is 0 Å². The number of fused-ring (bicyclic) bond motifs is 2. The Morgan fingerprint density at radius 2 is 1.63 bits per heavy atom. The van der Waals surface area contributed by atoms with E-state index in [1.807, 2.05) is 60.0 Å². The molecule has 3 N–H and O–H groups in total. The lowest BCUT2D eigenvalue weighted by atomic mass is 10.1. The first-order valence-corrected chi connectivity index (χ1v) is 11.9. The number of nitrogen functional groups attached to an aromatic ring is 1. The number of nitrogens with zero attached hydrogens (tertiary/aromatic N) is 3. The van der Waals surface area contributed by atoms with Crippen LogP contribution in [0.1, 0.15) is 40.4 Å². The van der Waals surface area contributed by atoms with Crippen LogP contribution < -0.4 is 11.1 Å². The van der Waals surface area contributed by atoms with Crippen molar-refractivity contribution in [2.45, 2.75) is 39.7 Å². The summed E-state index contributed by atoms with van der Waals surface area (Å²) in [5.41, 5.74) is 14.0. The van der Waals surface area contributed by atoms with Gasteiger partial charge in [0.15, 0.2) is 5.65 Å². The summed E-state index contributed by atoms with van der Waals surface area (Å²) in [5, 5.41) is 3.13. The normalized spacial score (nSPS) is 12.2. The van der Waals surface area contributed by atoms with Crippen molar-refractivity contribution in [1.82, 2.24) is 19.9 Å². The molecular weight excluding hydrogens is 434 g/mol. The van der Waals surface area contributed by atoms with Crippen molar-refractivity contribution >= 4 is 33.9 Å². The van der Waals surface area contributed by atoms with Gasteiger partial charge in [0.05, 0.1) is 11.0 Å². The molecule has 0 aliphatic carbocycles. The number of amides is 1. The topological polar surface area (TPSA) is 85.8 Å². The van der Waals surface area contributed by atoms with Crippen LogP contribution in [-0.2, 0) is 6.42 Å². The van der Waals surface area contributed by atoms with Gasteiger partial charge in [-0.05, 0) is 74.6 Å². The summed E-state index contributed by atoms with van der Waals surface area (Å²) < 4.78 is 1.84. The number of nitrogens with two attached hydrogens (primary N) is 1. The van der Waals surface area contributed by atoms with E-state index in [4.69, 9.17) is 15.7 Å². The van der Waals surface area contributed by atoms with Crippen LogP contribution >= 0.6 is 0 Å². The molecule has 5 rings (SSSR count). The van der Waals surface area contributed by atoms with Gasteiger partial charge >= 0.3 is 0 Å². The van der Waals surface area contributed by atoms with Crippen LogP contribution in [0, 0.1) is 13.8 Å². The number of hydrogen-bond donors (Lipinski definition) is 2. The molecular formula is C29H29N5O. The second-order valence-electron chi connectivity index (χ2n) is 9.15. The number of nitrogens with one attached hydrogen (secondary N) is 1. The second kappa shape index (κ2) is 9.22. The average molecular weight is 464 g/mol. The van der Waals surface area contributed by atoms with Gasteiger partial charge in [0.2, 0.25) is 0 Å². The van der Waals surface area contributed by atoms with Gasteiger partial charge < -0.3 is 11.1 Å². The maximum Gasteiger partial charge on any atom is 0.257 e. The first-order chi connectivity index (χ1) is 16.9. The third-order valence-electron chi connectivity index (χ3n) is 6.56. The maximum absolute atomic E-state index is 13.5. The van der Waals surface area contributed by atoms with Crippen molar-refractivity contribution < 1.29 is 4.79 Å². The second-order valence-corrected chi connectivity index (χ2v) is 9.15. The first-order valence-electron chi connectivity index (χ1n) is 11.9. The van der Waals surface area contributed by atoms with E-state index in [1.54, 1.807) is 0 Å². The summed E-state index contributed by atoms with van der Waals surface area (Å²) >= 11 is 0. The van der Waals surface area contributed by atoms with E-state index in [2.05, 4.69) is 43.4 Å². The molecule has 0 aliphatic rings. The van der Waals surface area contributed by atoms with Crippen molar-refractivity contribution in [3.63, 3.8) is 0 Å². The van der Waals surface area contributed by atoms with Crippen LogP contribution in [0.2, 0.25) is 0 Å². The molecule has 2 heterocycles. The van der Waals surface area contributed by atoms with Crippen molar-refractivity contribution in [2.75, 3.05) is 5.73 Å². The highest BCUT2D eigenvalue weighted by Gasteiger charge is 2.25. The van der Waals surface area contributed by atoms with Gasteiger partial charge in [-0.15, -0.1) is 0 Å². The number of hydrogen-bond acceptors (Lipinski definition) is 4. The Kier molecular flexibility index (Phi) is 5.95. The predicted molar refractivity (Wildman–Crippen MR) is 142 cm³/mol. The molecule has 0 radical (unpaired) electrons. The number of anilines is 1. The van der Waals surface area contributed by atoms with Crippen molar-refractivity contribution in [1.29, 1.82) is 0 Å². The third kappa shape index (κ3) is 4.35. The summed E-state index contributed by atoms with van der Waals surface area (Å²) in [4.78, 5) is 23.2. The summed E-state index contributed by atoms with van der Waals surface area (Å²) in [6.07, 6.45) is 1.70. The Morgan fingerprint density at radius 1 is 0.943 bits per heavy atom. The lowest BCUT2D eigenvalue weighted by molar-refractivity contribution is 0.0941. The zero-order chi connectivity index (χ0) is 24.5. The van der Waals surface area contributed by atoms with Crippen LogP contribution in [0.3, 0.4) is 0 Å². The fourth-order valence-electron chi connectivity index (χ4n) is 4.41. The molecule has 2 aromatic heterocycles. The molecule has 0 fully saturated rings. The zero-order valence-electron chi connectivity index (χ0n) is 20.2. The summed E-state index contributed by atoms with van der Waals surface area (Å²) in [7, 11) is 0. The van der Waals surface area contributed by atoms with Crippen LogP contribution in [0.4, 0.5) is 5.82 Å². The van der Waals surface area contributed by atoms with E-state index in [0.29, 0.717) is 22.5 Å². The Morgan fingerprint density at radius 3 is 2.34 bits per heavy atom. The van der Waals surface area contributed by atoms with E-state index in [0.717, 1.165) is 35.1 Å². The molecule has 5 aromatic rings. The Labute approximate surface area is 204 Å². The molecule has 6 heteroatoms. The molecule has 35 heavy (non-hydrogen) atoms. The van der Waals surface area contributed by atoms with Crippen LogP contribution in [0.5, 0.6) is 0 Å². The third-order valence-corrected chi connectivity index (χ3v) is 6.56. The number of aromatic nitrogens is 3. The number of carbonyl (C=O) groups excluding carboxylic acids is 1. The lowest BCUT2D eigenvalue weighted by Crippen LogP contribution is -2.33. The molecule has 0 unspecified atom stereocenters. The van der Waals surface area contributed by atoms with Crippen molar-refractivity contribution in [3.05, 3.63) is 95.1 Å². The number of para-hydroxylation sites is 2. The minimum atomic E-state index is -0.236. The minimum Gasteiger partial charge on any atom is -0.384 e. The highest BCUT2D eigenvalue weighted by Crippen LogP contribution is 2.31. The van der Waals surface area contributed by atoms with Gasteiger partial charge in [0.25, 0.3) is 5.91 Å². The van der Waals surface area contributed by atoms with Gasteiger partial charge in [0.1, 0.15) is 16.9 Å². The van der Waals surface area contributed by atoms with Gasteiger partial charge in [0, 0.05) is 11.7 Å². The molecule has 1 amide bonds. The summed E-state index contributed by atoms with van der Waals surface area (Å²) in [6, 6.07) is 24.0. The fourth-order valence-corrected chi connectivity index (χ4v) is 4.41. The quantitative estimate of drug-likeness (QED) is 0.347. The van der Waals surface area contributed by atoms with Gasteiger partial charge in [-0.1, -0.05) is 48.5 Å². The minimum absolute atomic E-state index is 0.0319. The highest BCUT2D eigenvalue weighted by atomic mass is 16.1. The molecule has 1 atom stereocenters. The van der Waals surface area contributed by atoms with Gasteiger partial charge in [-0.25, -0.2) is 9.97 Å². The van der Waals surface area contributed by atoms with E-state index >= 15 is 0 Å². The first kappa shape index (κ1) is 22.6. The molecule has 0 spiro atoms. The number of aryl methyl sites for hydroxylation is 3. The van der Waals surface area contributed by atoms with Gasteiger partial charge in [-0.2, -0.15) is 0 Å². The molecule has 176 valence electrons. The fraction of sp³-hybridized carbons (Fsp3) is 0.207. The smallest absolute Gasteiger partial charge is 0.257 e. The zero-order valence-corrected chi connectivity index (χ0v) is 20.2. The summed E-state index contributed by atoms with van der Waals surface area (Å²) in [6.45, 7) is 6.14. The molecule has 0 saturated carbocycles. The molecule has 0 bridgehead atoms. The van der Waals surface area contributed by atoms with E-state index in [9.17, 15) is 4.79 Å². The predicted octanol–water partition coefficient (Wildman–Crippen LogP) is 5.52. The Bertz CT molecular complexity index is 1540. The van der Waals surface area contributed by atoms with Crippen LogP contribution in [0.15, 0.2) is 72.8 Å². The lowest BCUT2D eigenvalue weighted by Gasteiger charge is -2.14. The molecule has 3 aromatic carbocycles. The largest absolute Gasteiger partial charge is 0.384 e. The molecule has 0 saturated heterocycles. The molecule has 0 aliphatic heterocycles. The molecule has 6 nitrogen and oxygen atoms in total. The standard InChI is InChI=1S/C29H29N5O/c1-18-13-16-22(17-19(18)2)34-27(30)25(26-28(34)33-24-12-8-7-11-23(24)32-26)29(35)31-20(3)14-15-21-9-5-4-6-10-21/h4-13,16-17,20H,14-15,30H2,1-3H3,(H,31,35)/t20-/m1/s1. The van der Waals surface area contributed by atoms with E-state index in [-0.39, 0.29) is 11.9 Å². The maximum atomic E-state index is 13.5. The summed E-state index contributed by atoms with van der Waals surface area (Å²) in [5.74, 6) is 0.103. The van der Waals surface area contributed by atoms with E-state index in [1.165, 1.54) is 11.1 Å². The highest BCUT2D eigenvalue weighted by molar-refractivity contribution is 6.11. The van der Waals surface area contributed by atoms with Crippen LogP contribution in [0.25, 0.3) is 27.9 Å². The average Bonchev–Trinajstić information content (AvgIpc) is 3.14. The van der Waals surface area contributed by atoms with Gasteiger partial charge in [-0.3, -0.25) is 9.36 Å². The number of rotatable bonds is 6. The van der Waals surface area contributed by atoms with Crippen molar-refractivity contribution in [2.24, 2.45) is 0 Å². The monoisotopic (exact) mass is 463 g/mol. The number of benzene rings is 3. The van der Waals surface area contributed by atoms with Crippen molar-refractivity contribution in [3.8, 4) is 5.69 Å². The SMILES string of the molecule is Cc1ccc(-n2c(N)c(C(=O)N[C@H](C)CCc3ccccc3)c3nc4ccccc4nc32)cc1C. The van der Waals surface area contributed by atoms with Crippen LogP contribution in [-0.4, -0.2) is 26.5 Å². The Hall–Kier alpha value is -4.19. The number of carbonyl (C=O) groups is 1. The Balaban J connectivity index is 1.56.